The zero-order chi connectivity index (χ0) is 13.0. The van der Waals surface area contributed by atoms with Gasteiger partial charge in [-0.05, 0) is 31.5 Å². The largest absolute Gasteiger partial charge is 0.492 e. The van der Waals surface area contributed by atoms with Gasteiger partial charge in [0, 0.05) is 11.6 Å². The molecule has 0 spiro atoms. The monoisotopic (exact) mass is 266 g/mol. The van der Waals surface area contributed by atoms with E-state index < -0.39 is 0 Å². The number of anilines is 1. The fourth-order valence-corrected chi connectivity index (χ4v) is 2.73. The Balaban J connectivity index is 2.09. The van der Waals surface area contributed by atoms with Crippen LogP contribution in [-0.4, -0.2) is 30.2 Å². The molecule has 4 nitrogen and oxygen atoms in total. The van der Waals surface area contributed by atoms with Crippen LogP contribution in [0.25, 0.3) is 0 Å². The average molecular weight is 266 g/mol. The zero-order valence-corrected chi connectivity index (χ0v) is 11.5. The Bertz CT molecular complexity index is 431. The molecule has 0 saturated carbocycles. The van der Waals surface area contributed by atoms with Crippen molar-refractivity contribution in [2.75, 3.05) is 23.6 Å². The number of carbonyl (C=O) groups excluding carboxylic acids is 1. The van der Waals surface area contributed by atoms with Crippen molar-refractivity contribution in [3.63, 3.8) is 0 Å². The van der Waals surface area contributed by atoms with Crippen LogP contribution in [0.15, 0.2) is 18.2 Å². The van der Waals surface area contributed by atoms with Crippen LogP contribution in [0.1, 0.15) is 12.5 Å². The first-order chi connectivity index (χ1) is 8.70. The molecule has 0 bridgehead atoms. The second kappa shape index (κ2) is 6.11. The lowest BCUT2D eigenvalue weighted by atomic mass is 10.2. The molecule has 1 aromatic rings. The smallest absolute Gasteiger partial charge is 0.242 e. The van der Waals surface area contributed by atoms with Crippen LogP contribution in [-0.2, 0) is 4.79 Å². The van der Waals surface area contributed by atoms with Crippen molar-refractivity contribution in [1.82, 2.24) is 5.32 Å². The third-order valence-electron chi connectivity index (χ3n) is 2.73. The van der Waals surface area contributed by atoms with Crippen LogP contribution >= 0.6 is 11.8 Å². The summed E-state index contributed by atoms with van der Waals surface area (Å²) < 4.78 is 5.54. The van der Waals surface area contributed by atoms with Crippen LogP contribution in [0.5, 0.6) is 5.75 Å². The van der Waals surface area contributed by atoms with Crippen molar-refractivity contribution in [2.24, 2.45) is 0 Å². The third-order valence-corrected chi connectivity index (χ3v) is 3.67. The minimum Gasteiger partial charge on any atom is -0.492 e. The molecule has 1 aliphatic rings. The van der Waals surface area contributed by atoms with Crippen molar-refractivity contribution >= 4 is 23.4 Å². The summed E-state index contributed by atoms with van der Waals surface area (Å²) in [4.78, 5) is 12.0. The fourth-order valence-electron chi connectivity index (χ4n) is 1.79. The molecule has 0 radical (unpaired) electrons. The van der Waals surface area contributed by atoms with Crippen LogP contribution < -0.4 is 15.4 Å². The van der Waals surface area contributed by atoms with E-state index in [1.54, 1.807) is 11.8 Å². The topological polar surface area (TPSA) is 50.4 Å². The van der Waals surface area contributed by atoms with Crippen molar-refractivity contribution in [3.05, 3.63) is 23.8 Å². The summed E-state index contributed by atoms with van der Waals surface area (Å²) in [6, 6.07) is 5.69. The highest BCUT2D eigenvalue weighted by Crippen LogP contribution is 2.26. The van der Waals surface area contributed by atoms with E-state index >= 15 is 0 Å². The summed E-state index contributed by atoms with van der Waals surface area (Å²) in [5.41, 5.74) is 1.86. The molecule has 1 atom stereocenters. The van der Waals surface area contributed by atoms with Gasteiger partial charge in [0.05, 0.1) is 18.3 Å². The number of hydrogen-bond acceptors (Lipinski definition) is 4. The molecule has 1 saturated heterocycles. The number of benzene rings is 1. The Labute approximate surface area is 111 Å². The standard InChI is InChI=1S/C13H18N2O2S/c1-3-17-12-6-9(2)4-5-10(12)15-13(16)11-7-18-8-14-11/h4-6,11,14H,3,7-8H2,1-2H3,(H,15,16). The Morgan fingerprint density at radius 3 is 3.11 bits per heavy atom. The molecule has 1 unspecified atom stereocenters. The Morgan fingerprint density at radius 1 is 1.61 bits per heavy atom. The van der Waals surface area contributed by atoms with Crippen LogP contribution in [0, 0.1) is 6.92 Å². The summed E-state index contributed by atoms with van der Waals surface area (Å²) in [5.74, 6) is 2.40. The van der Waals surface area contributed by atoms with Gasteiger partial charge in [0.25, 0.3) is 0 Å². The number of ether oxygens (including phenoxy) is 1. The number of rotatable bonds is 4. The molecule has 0 aromatic heterocycles. The number of thioether (sulfide) groups is 1. The molecule has 18 heavy (non-hydrogen) atoms. The van der Waals surface area contributed by atoms with E-state index in [-0.39, 0.29) is 11.9 Å². The lowest BCUT2D eigenvalue weighted by molar-refractivity contribution is -0.117. The maximum Gasteiger partial charge on any atom is 0.242 e. The first-order valence-corrected chi connectivity index (χ1v) is 7.21. The van der Waals surface area contributed by atoms with E-state index in [4.69, 9.17) is 4.74 Å². The zero-order valence-electron chi connectivity index (χ0n) is 10.7. The van der Waals surface area contributed by atoms with Crippen LogP contribution in [0.2, 0.25) is 0 Å². The molecule has 1 aromatic carbocycles. The Morgan fingerprint density at radius 2 is 2.44 bits per heavy atom. The quantitative estimate of drug-likeness (QED) is 0.875. The summed E-state index contributed by atoms with van der Waals surface area (Å²) in [6.07, 6.45) is 0. The summed E-state index contributed by atoms with van der Waals surface area (Å²) in [6.45, 7) is 4.52. The molecular formula is C13H18N2O2S. The van der Waals surface area contributed by atoms with Crippen molar-refractivity contribution < 1.29 is 9.53 Å². The average Bonchev–Trinajstić information content (AvgIpc) is 2.86. The molecule has 2 N–H and O–H groups in total. The number of aryl methyl sites for hydroxylation is 1. The van der Waals surface area contributed by atoms with E-state index in [1.165, 1.54) is 0 Å². The molecule has 0 aliphatic carbocycles. The predicted octanol–water partition coefficient (Wildman–Crippen LogP) is 1.99. The van der Waals surface area contributed by atoms with Gasteiger partial charge in [-0.1, -0.05) is 6.07 Å². The van der Waals surface area contributed by atoms with Crippen molar-refractivity contribution in [3.8, 4) is 5.75 Å². The number of nitrogens with one attached hydrogen (secondary N) is 2. The maximum atomic E-state index is 12.0. The van der Waals surface area contributed by atoms with E-state index in [0.29, 0.717) is 6.61 Å². The summed E-state index contributed by atoms with van der Waals surface area (Å²) >= 11 is 1.73. The molecule has 98 valence electrons. The molecular weight excluding hydrogens is 248 g/mol. The van der Waals surface area contributed by atoms with Gasteiger partial charge in [-0.2, -0.15) is 0 Å². The van der Waals surface area contributed by atoms with Gasteiger partial charge in [-0.25, -0.2) is 0 Å². The van der Waals surface area contributed by atoms with E-state index in [0.717, 1.165) is 28.6 Å². The highest BCUT2D eigenvalue weighted by atomic mass is 32.2. The van der Waals surface area contributed by atoms with Crippen LogP contribution in [0.4, 0.5) is 5.69 Å². The lowest BCUT2D eigenvalue weighted by Gasteiger charge is -2.14. The molecule has 1 aliphatic heterocycles. The predicted molar refractivity (Wildman–Crippen MR) is 75.2 cm³/mol. The van der Waals surface area contributed by atoms with Gasteiger partial charge in [0.15, 0.2) is 0 Å². The van der Waals surface area contributed by atoms with Crippen molar-refractivity contribution in [1.29, 1.82) is 0 Å². The molecule has 1 fully saturated rings. The molecule has 1 heterocycles. The molecule has 5 heteroatoms. The van der Waals surface area contributed by atoms with Gasteiger partial charge < -0.3 is 10.1 Å². The first kappa shape index (κ1) is 13.2. The van der Waals surface area contributed by atoms with E-state index in [2.05, 4.69) is 10.6 Å². The normalized spacial score (nSPS) is 18.7. The Kier molecular flexibility index (Phi) is 4.49. The number of amides is 1. The van der Waals surface area contributed by atoms with Crippen molar-refractivity contribution in [2.45, 2.75) is 19.9 Å². The minimum atomic E-state index is -0.106. The van der Waals surface area contributed by atoms with Gasteiger partial charge in [0.2, 0.25) is 5.91 Å². The maximum absolute atomic E-state index is 12.0. The second-order valence-electron chi connectivity index (χ2n) is 4.19. The highest BCUT2D eigenvalue weighted by molar-refractivity contribution is 7.99. The van der Waals surface area contributed by atoms with Gasteiger partial charge in [-0.3, -0.25) is 10.1 Å². The minimum absolute atomic E-state index is 0.00445. The Hall–Kier alpha value is -1.20. The highest BCUT2D eigenvalue weighted by Gasteiger charge is 2.23. The molecule has 2 rings (SSSR count). The number of carbonyl (C=O) groups is 1. The van der Waals surface area contributed by atoms with Crippen LogP contribution in [0.3, 0.4) is 0 Å². The van der Waals surface area contributed by atoms with Gasteiger partial charge in [0.1, 0.15) is 5.75 Å². The van der Waals surface area contributed by atoms with Gasteiger partial charge >= 0.3 is 0 Å². The summed E-state index contributed by atoms with van der Waals surface area (Å²) in [7, 11) is 0. The lowest BCUT2D eigenvalue weighted by Crippen LogP contribution is -2.37. The summed E-state index contributed by atoms with van der Waals surface area (Å²) in [5, 5.41) is 6.07. The third kappa shape index (κ3) is 3.17. The fraction of sp³-hybridized carbons (Fsp3) is 0.462. The second-order valence-corrected chi connectivity index (χ2v) is 5.22. The van der Waals surface area contributed by atoms with E-state index in [1.807, 2.05) is 32.0 Å². The first-order valence-electron chi connectivity index (χ1n) is 6.06. The number of hydrogen-bond donors (Lipinski definition) is 2. The SMILES string of the molecule is CCOc1cc(C)ccc1NC(=O)C1CSCN1. The molecule has 1 amide bonds. The van der Waals surface area contributed by atoms with Gasteiger partial charge in [-0.15, -0.1) is 11.8 Å². The van der Waals surface area contributed by atoms with E-state index in [9.17, 15) is 4.79 Å².